The summed E-state index contributed by atoms with van der Waals surface area (Å²) in [5.74, 6) is -1.12. The zero-order valence-electron chi connectivity index (χ0n) is 18.0. The number of carbonyl (C=O) groups excluding carboxylic acids is 3. The second-order valence-corrected chi connectivity index (χ2v) is 9.26. The minimum atomic E-state index is -0.965. The summed E-state index contributed by atoms with van der Waals surface area (Å²) >= 11 is 7.74. The largest absolute Gasteiger partial charge is 0.326 e. The van der Waals surface area contributed by atoms with Crippen LogP contribution in [-0.4, -0.2) is 38.8 Å². The third kappa shape index (κ3) is 5.60. The Labute approximate surface area is 216 Å². The molecule has 0 aromatic heterocycles. The Bertz CT molecular complexity index is 1210. The predicted octanol–water partition coefficient (Wildman–Crippen LogP) is 3.96. The number of hydrogen-bond acceptors (Lipinski definition) is 4. The van der Waals surface area contributed by atoms with Crippen LogP contribution < -0.4 is 10.7 Å². The van der Waals surface area contributed by atoms with Crippen LogP contribution in [0.2, 0.25) is 0 Å². The van der Waals surface area contributed by atoms with Crippen LogP contribution in [0.4, 0.5) is 5.69 Å². The van der Waals surface area contributed by atoms with E-state index >= 15 is 0 Å². The Balaban J connectivity index is 1.55. The Morgan fingerprint density at radius 3 is 2.18 bits per heavy atom. The molecule has 1 heterocycles. The van der Waals surface area contributed by atoms with E-state index in [0.29, 0.717) is 11.3 Å². The zero-order chi connectivity index (χ0) is 24.1. The van der Waals surface area contributed by atoms with Crippen LogP contribution in [0.3, 0.4) is 0 Å². The molecule has 34 heavy (non-hydrogen) atoms. The maximum Gasteiger partial charge on any atom is 0.269 e. The molecule has 9 heteroatoms. The summed E-state index contributed by atoms with van der Waals surface area (Å²) in [6.07, 6.45) is -0.175. The molecular weight excluding hydrogens is 563 g/mol. The molecule has 4 rings (SSSR count). The van der Waals surface area contributed by atoms with Gasteiger partial charge in [-0.25, -0.2) is 5.01 Å². The van der Waals surface area contributed by atoms with Crippen molar-refractivity contribution in [2.45, 2.75) is 19.0 Å². The summed E-state index contributed by atoms with van der Waals surface area (Å²) in [7, 11) is 0. The normalized spacial score (nSPS) is 15.4. The molecule has 172 valence electrons. The monoisotopic (exact) mass is 584 g/mol. The summed E-state index contributed by atoms with van der Waals surface area (Å²) < 4.78 is 1.04. The first-order chi connectivity index (χ1) is 16.4. The SMILES string of the molecule is O=C(CC1C(=O)N(Cc2ccccc2)C(=S)N1NC(=O)c1ccccc1)Nc1ccc(I)cc1. The highest BCUT2D eigenvalue weighted by Crippen LogP contribution is 2.23. The number of nitrogens with one attached hydrogen (secondary N) is 2. The van der Waals surface area contributed by atoms with Gasteiger partial charge in [0.05, 0.1) is 13.0 Å². The van der Waals surface area contributed by atoms with Crippen LogP contribution in [0, 0.1) is 3.57 Å². The van der Waals surface area contributed by atoms with Crippen molar-refractivity contribution >= 4 is 63.3 Å². The first kappa shape index (κ1) is 23.8. The summed E-state index contributed by atoms with van der Waals surface area (Å²) in [6, 6.07) is 24.4. The zero-order valence-corrected chi connectivity index (χ0v) is 21.0. The highest BCUT2D eigenvalue weighted by Gasteiger charge is 2.44. The fraction of sp³-hybridized carbons (Fsp3) is 0.120. The Morgan fingerprint density at radius 1 is 0.912 bits per heavy atom. The lowest BCUT2D eigenvalue weighted by Crippen LogP contribution is -2.49. The number of nitrogens with zero attached hydrogens (tertiary/aromatic N) is 2. The van der Waals surface area contributed by atoms with Crippen molar-refractivity contribution in [3.05, 3.63) is 99.6 Å². The van der Waals surface area contributed by atoms with Crippen molar-refractivity contribution < 1.29 is 14.4 Å². The topological polar surface area (TPSA) is 81.8 Å². The van der Waals surface area contributed by atoms with Crippen molar-refractivity contribution in [3.8, 4) is 0 Å². The number of anilines is 1. The van der Waals surface area contributed by atoms with Crippen LogP contribution in [0.5, 0.6) is 0 Å². The van der Waals surface area contributed by atoms with E-state index in [2.05, 4.69) is 33.3 Å². The van der Waals surface area contributed by atoms with Gasteiger partial charge in [0.15, 0.2) is 5.11 Å². The van der Waals surface area contributed by atoms with Gasteiger partial charge >= 0.3 is 0 Å². The van der Waals surface area contributed by atoms with Gasteiger partial charge in [-0.3, -0.25) is 24.7 Å². The molecule has 0 radical (unpaired) electrons. The molecule has 1 aliphatic heterocycles. The number of halogens is 1. The maximum atomic E-state index is 13.3. The maximum absolute atomic E-state index is 13.3. The number of hydrazine groups is 1. The molecule has 0 bridgehead atoms. The summed E-state index contributed by atoms with van der Waals surface area (Å²) in [5, 5.41) is 4.27. The van der Waals surface area contributed by atoms with Crippen LogP contribution in [0.1, 0.15) is 22.3 Å². The average molecular weight is 584 g/mol. The van der Waals surface area contributed by atoms with Gasteiger partial charge in [-0.05, 0) is 76.8 Å². The van der Waals surface area contributed by atoms with Crippen LogP contribution in [0.25, 0.3) is 0 Å². The Hall–Kier alpha value is -3.31. The number of benzene rings is 3. The molecule has 1 saturated heterocycles. The van der Waals surface area contributed by atoms with E-state index in [1.807, 2.05) is 42.5 Å². The minimum absolute atomic E-state index is 0.144. The van der Waals surface area contributed by atoms with Gasteiger partial charge in [-0.1, -0.05) is 48.5 Å². The van der Waals surface area contributed by atoms with Crippen molar-refractivity contribution in [2.75, 3.05) is 5.32 Å². The van der Waals surface area contributed by atoms with Crippen LogP contribution in [-0.2, 0) is 16.1 Å². The van der Waals surface area contributed by atoms with Gasteiger partial charge in [0, 0.05) is 14.8 Å². The number of rotatable bonds is 7. The van der Waals surface area contributed by atoms with Gasteiger partial charge in [0.25, 0.3) is 11.8 Å². The number of thiocarbonyl (C=S) groups is 1. The van der Waals surface area contributed by atoms with Crippen molar-refractivity contribution in [3.63, 3.8) is 0 Å². The summed E-state index contributed by atoms with van der Waals surface area (Å²) in [4.78, 5) is 40.4. The molecular formula is C25H21IN4O3S. The van der Waals surface area contributed by atoms with Crippen molar-refractivity contribution in [1.82, 2.24) is 15.3 Å². The lowest BCUT2D eigenvalue weighted by atomic mass is 10.1. The van der Waals surface area contributed by atoms with Crippen LogP contribution >= 0.6 is 34.8 Å². The number of hydrogen-bond donors (Lipinski definition) is 2. The van der Waals surface area contributed by atoms with Gasteiger partial charge in [0.1, 0.15) is 6.04 Å². The molecule has 1 unspecified atom stereocenters. The highest BCUT2D eigenvalue weighted by molar-refractivity contribution is 14.1. The number of amides is 3. The minimum Gasteiger partial charge on any atom is -0.326 e. The Kier molecular flexibility index (Phi) is 7.53. The highest BCUT2D eigenvalue weighted by atomic mass is 127. The van der Waals surface area contributed by atoms with Crippen molar-refractivity contribution in [1.29, 1.82) is 0 Å². The van der Waals surface area contributed by atoms with E-state index in [9.17, 15) is 14.4 Å². The fourth-order valence-electron chi connectivity index (χ4n) is 3.55. The van der Waals surface area contributed by atoms with E-state index in [1.165, 1.54) is 9.91 Å². The van der Waals surface area contributed by atoms with E-state index in [0.717, 1.165) is 9.13 Å². The first-order valence-electron chi connectivity index (χ1n) is 10.5. The fourth-order valence-corrected chi connectivity index (χ4v) is 4.24. The molecule has 1 aliphatic rings. The quantitative estimate of drug-likeness (QED) is 0.325. The molecule has 0 aliphatic carbocycles. The van der Waals surface area contributed by atoms with Gasteiger partial charge in [-0.15, -0.1) is 0 Å². The van der Waals surface area contributed by atoms with E-state index in [-0.39, 0.29) is 29.9 Å². The number of carbonyl (C=O) groups is 3. The summed E-state index contributed by atoms with van der Waals surface area (Å²) in [5.41, 5.74) is 4.66. The third-order valence-electron chi connectivity index (χ3n) is 5.25. The second-order valence-electron chi connectivity index (χ2n) is 7.64. The smallest absolute Gasteiger partial charge is 0.269 e. The molecule has 3 aromatic carbocycles. The lowest BCUT2D eigenvalue weighted by molar-refractivity contribution is -0.131. The van der Waals surface area contributed by atoms with Crippen molar-refractivity contribution in [2.24, 2.45) is 0 Å². The molecule has 7 nitrogen and oxygen atoms in total. The predicted molar refractivity (Wildman–Crippen MR) is 142 cm³/mol. The lowest BCUT2D eigenvalue weighted by Gasteiger charge is -2.24. The average Bonchev–Trinajstić information content (AvgIpc) is 3.06. The summed E-state index contributed by atoms with van der Waals surface area (Å²) in [6.45, 7) is 0.242. The molecule has 1 atom stereocenters. The molecule has 0 spiro atoms. The molecule has 3 aromatic rings. The van der Waals surface area contributed by atoms with Gasteiger partial charge in [-0.2, -0.15) is 0 Å². The molecule has 1 fully saturated rings. The van der Waals surface area contributed by atoms with E-state index in [1.54, 1.807) is 42.5 Å². The first-order valence-corrected chi connectivity index (χ1v) is 12.0. The van der Waals surface area contributed by atoms with E-state index in [4.69, 9.17) is 12.2 Å². The second kappa shape index (κ2) is 10.7. The molecule has 2 N–H and O–H groups in total. The van der Waals surface area contributed by atoms with Gasteiger partial charge < -0.3 is 5.32 Å². The molecule has 3 amide bonds. The van der Waals surface area contributed by atoms with E-state index < -0.39 is 11.9 Å². The Morgan fingerprint density at radius 2 is 1.53 bits per heavy atom. The van der Waals surface area contributed by atoms with Crippen LogP contribution in [0.15, 0.2) is 84.9 Å². The van der Waals surface area contributed by atoms with Gasteiger partial charge in [0.2, 0.25) is 5.91 Å². The third-order valence-corrected chi connectivity index (χ3v) is 6.38. The molecule has 0 saturated carbocycles. The standard InChI is InChI=1S/C25H21IN4O3S/c26-19-11-13-20(14-12-19)27-22(31)15-21-24(33)29(16-17-7-3-1-4-8-17)25(34)30(21)28-23(32)18-9-5-2-6-10-18/h1-14,21H,15-16H2,(H,27,31)(H,28,32).